The number of aliphatic hydroxyl groups is 1. The molecule has 1 aliphatic heterocycles. The van der Waals surface area contributed by atoms with Crippen LogP contribution in [0.2, 0.25) is 0 Å². The molecule has 1 N–H and O–H groups in total. The molecule has 0 spiro atoms. The van der Waals surface area contributed by atoms with Gasteiger partial charge in [-0.1, -0.05) is 52.0 Å². The molecular weight excluding hydrogens is 579 g/mol. The molecule has 1 saturated heterocycles. The summed E-state index contributed by atoms with van der Waals surface area (Å²) >= 11 is 0. The van der Waals surface area contributed by atoms with Crippen LogP contribution in [0.4, 0.5) is 13.2 Å². The highest BCUT2D eigenvalue weighted by molar-refractivity contribution is 5.80. The van der Waals surface area contributed by atoms with E-state index in [9.17, 15) is 23.5 Å². The van der Waals surface area contributed by atoms with Crippen molar-refractivity contribution in [3.05, 3.63) is 82.0 Å². The quantitative estimate of drug-likeness (QED) is 0.201. The zero-order valence-electron chi connectivity index (χ0n) is 27.5. The maximum Gasteiger partial charge on any atom is 0.413 e. The van der Waals surface area contributed by atoms with E-state index in [-0.39, 0.29) is 5.92 Å². The van der Waals surface area contributed by atoms with Gasteiger partial charge in [0.05, 0.1) is 12.2 Å². The number of hydrogen-bond acceptors (Lipinski definition) is 6. The van der Waals surface area contributed by atoms with Crippen LogP contribution < -0.4 is 0 Å². The number of β-amino-alcohol motifs (C(OH)–C–C–N with tert-alkyl or cyclic N) is 1. The molecule has 0 aromatic heterocycles. The lowest BCUT2D eigenvalue weighted by atomic mass is 9.99. The summed E-state index contributed by atoms with van der Waals surface area (Å²) in [5.74, 6) is 1.34. The predicted octanol–water partition coefficient (Wildman–Crippen LogP) is 7.44. The van der Waals surface area contributed by atoms with Crippen LogP contribution in [-0.2, 0) is 4.74 Å². The molecule has 45 heavy (non-hydrogen) atoms. The van der Waals surface area contributed by atoms with Crippen molar-refractivity contribution in [3.63, 3.8) is 0 Å². The van der Waals surface area contributed by atoms with Gasteiger partial charge >= 0.3 is 6.18 Å². The molecule has 0 amide bonds. The van der Waals surface area contributed by atoms with Crippen molar-refractivity contribution in [3.8, 4) is 6.07 Å². The molecule has 0 aromatic carbocycles. The Labute approximate surface area is 266 Å². The number of piperazine rings is 1. The maximum absolute atomic E-state index is 12.7. The van der Waals surface area contributed by atoms with E-state index in [0.717, 1.165) is 29.8 Å². The van der Waals surface area contributed by atoms with Gasteiger partial charge in [-0.05, 0) is 68.2 Å². The fourth-order valence-corrected chi connectivity index (χ4v) is 4.91. The normalized spacial score (nSPS) is 19.3. The lowest BCUT2D eigenvalue weighted by Crippen LogP contribution is -2.49. The molecule has 0 radical (unpaired) electrons. The number of halogens is 3. The van der Waals surface area contributed by atoms with E-state index in [4.69, 9.17) is 4.74 Å². The highest BCUT2D eigenvalue weighted by atomic mass is 19.4. The van der Waals surface area contributed by atoms with Crippen LogP contribution in [0.15, 0.2) is 92.0 Å². The van der Waals surface area contributed by atoms with Crippen LogP contribution in [0.1, 0.15) is 60.8 Å². The zero-order chi connectivity index (χ0) is 33.6. The minimum Gasteiger partial charge on any atom is -0.487 e. The number of alkyl halides is 3. The van der Waals surface area contributed by atoms with E-state index in [1.165, 1.54) is 0 Å². The second kappa shape index (κ2) is 18.3. The number of hydrogen-bond donors (Lipinski definition) is 1. The highest BCUT2D eigenvalue weighted by Gasteiger charge is 2.30. The second-order valence-corrected chi connectivity index (χ2v) is 11.3. The summed E-state index contributed by atoms with van der Waals surface area (Å²) in [5.41, 5.74) is 3.58. The summed E-state index contributed by atoms with van der Waals surface area (Å²) in [5, 5.41) is 20.3. The Morgan fingerprint density at radius 2 is 1.84 bits per heavy atom. The first kappa shape index (κ1) is 37.5. The highest BCUT2D eigenvalue weighted by Crippen LogP contribution is 2.30. The van der Waals surface area contributed by atoms with Crippen LogP contribution in [0.3, 0.4) is 0 Å². The summed E-state index contributed by atoms with van der Waals surface area (Å²) < 4.78 is 44.4. The first-order chi connectivity index (χ1) is 21.4. The third-order valence-corrected chi connectivity index (χ3v) is 7.59. The van der Waals surface area contributed by atoms with E-state index in [0.29, 0.717) is 81.5 Å². The van der Waals surface area contributed by atoms with Gasteiger partial charge in [0.2, 0.25) is 0 Å². The van der Waals surface area contributed by atoms with Crippen molar-refractivity contribution in [2.75, 3.05) is 39.3 Å². The second-order valence-electron chi connectivity index (χ2n) is 11.3. The number of aliphatic hydroxyl groups excluding tert-OH is 1. The minimum absolute atomic E-state index is 0.141. The fraction of sp³-hybridized carbons (Fsp3) is 0.514. The van der Waals surface area contributed by atoms with Gasteiger partial charge in [-0.2, -0.15) is 18.4 Å². The average Bonchev–Trinajstić information content (AvgIpc) is 3.35. The van der Waals surface area contributed by atoms with Gasteiger partial charge in [0.15, 0.2) is 0 Å². The van der Waals surface area contributed by atoms with Crippen LogP contribution >= 0.6 is 0 Å². The van der Waals surface area contributed by atoms with Gasteiger partial charge in [0.25, 0.3) is 0 Å². The Hall–Kier alpha value is -3.68. The zero-order valence-corrected chi connectivity index (χ0v) is 27.5. The maximum atomic E-state index is 12.7. The third-order valence-electron chi connectivity index (χ3n) is 7.59. The standard InChI is InChI=1S/C33H42F3N5O2.C2H6/c1-23(2)30-18-28(19-37)11-12-31(38-5)32(30)43-22-27-8-6-7-26(9-10-27)17-29(42)21-40-13-15-41(16-14-40)25(4)39-20-24(3)33(34,35)36;1-2/h6-7,9-10,12,18,20,23,29,42H,5,8,11,13-17,21-22H2,1-4H3;1-2H3/b24-20+,39-25?;. The molecule has 0 saturated carbocycles. The van der Waals surface area contributed by atoms with E-state index in [1.54, 1.807) is 6.92 Å². The van der Waals surface area contributed by atoms with E-state index in [1.807, 2.05) is 49.1 Å². The Morgan fingerprint density at radius 3 is 2.44 bits per heavy atom. The molecular formula is C35H48F3N5O2. The van der Waals surface area contributed by atoms with Gasteiger partial charge in [-0.15, -0.1) is 0 Å². The van der Waals surface area contributed by atoms with Crippen LogP contribution in [0.25, 0.3) is 0 Å². The number of ether oxygens (including phenoxy) is 1. The lowest BCUT2D eigenvalue weighted by molar-refractivity contribution is -0.0914. The fourth-order valence-electron chi connectivity index (χ4n) is 4.91. The van der Waals surface area contributed by atoms with Crippen LogP contribution in [0.5, 0.6) is 0 Å². The predicted molar refractivity (Wildman–Crippen MR) is 177 cm³/mol. The van der Waals surface area contributed by atoms with E-state index in [2.05, 4.69) is 47.6 Å². The number of nitrogens with zero attached hydrogens (tertiary/aromatic N) is 5. The number of allylic oxidation sites excluding steroid dienone is 9. The lowest BCUT2D eigenvalue weighted by Gasteiger charge is -2.36. The van der Waals surface area contributed by atoms with Gasteiger partial charge in [0.1, 0.15) is 23.9 Å². The molecule has 0 bridgehead atoms. The van der Waals surface area contributed by atoms with Crippen LogP contribution in [0, 0.1) is 17.2 Å². The first-order valence-corrected chi connectivity index (χ1v) is 15.5. The Balaban J connectivity index is 0.00000345. The average molecular weight is 628 g/mol. The number of rotatable bonds is 10. The largest absolute Gasteiger partial charge is 0.487 e. The number of nitriles is 1. The van der Waals surface area contributed by atoms with Crippen molar-refractivity contribution >= 4 is 12.6 Å². The van der Waals surface area contributed by atoms with Gasteiger partial charge < -0.3 is 14.7 Å². The number of aliphatic imine (C=N–C) groups is 2. The topological polar surface area (TPSA) is 84.4 Å². The van der Waals surface area contributed by atoms with Crippen molar-refractivity contribution < 1.29 is 23.0 Å². The summed E-state index contributed by atoms with van der Waals surface area (Å²) in [6, 6.07) is 2.24. The van der Waals surface area contributed by atoms with Crippen molar-refractivity contribution in [1.29, 1.82) is 5.26 Å². The van der Waals surface area contributed by atoms with Gasteiger partial charge in [-0.3, -0.25) is 9.89 Å². The van der Waals surface area contributed by atoms with Crippen molar-refractivity contribution in [1.82, 2.24) is 9.80 Å². The van der Waals surface area contributed by atoms with Gasteiger partial charge in [-0.25, -0.2) is 4.99 Å². The summed E-state index contributed by atoms with van der Waals surface area (Å²) in [4.78, 5) is 12.3. The van der Waals surface area contributed by atoms with Crippen molar-refractivity contribution in [2.24, 2.45) is 15.9 Å². The van der Waals surface area contributed by atoms with Crippen LogP contribution in [-0.4, -0.2) is 79.1 Å². The molecule has 1 fully saturated rings. The molecule has 1 heterocycles. The molecule has 10 heteroatoms. The molecule has 0 aromatic rings. The molecule has 1 unspecified atom stereocenters. The Morgan fingerprint density at radius 1 is 1.16 bits per heavy atom. The Bertz CT molecular complexity index is 1320. The summed E-state index contributed by atoms with van der Waals surface area (Å²) in [6.07, 6.45) is 9.55. The van der Waals surface area contributed by atoms with Crippen molar-refractivity contribution in [2.45, 2.75) is 73.1 Å². The van der Waals surface area contributed by atoms with E-state index >= 15 is 0 Å². The number of amidine groups is 1. The first-order valence-electron chi connectivity index (χ1n) is 15.5. The molecule has 3 rings (SSSR count). The third kappa shape index (κ3) is 12.0. The smallest absolute Gasteiger partial charge is 0.413 e. The molecule has 3 aliphatic rings. The van der Waals surface area contributed by atoms with Gasteiger partial charge in [0, 0.05) is 56.5 Å². The molecule has 7 nitrogen and oxygen atoms in total. The Kier molecular flexibility index (Phi) is 15.3. The van der Waals surface area contributed by atoms with E-state index < -0.39 is 17.9 Å². The SMILES string of the molecule is C=NC1=CCC(C#N)=CC(C(C)C)=C1OCC1=CC=C(CC(O)CN2CCN(C(C)=N/C=C(\C)C(F)(F)F)CC2)C=CC1.CC. The summed E-state index contributed by atoms with van der Waals surface area (Å²) in [7, 11) is 0. The molecule has 1 atom stereocenters. The minimum atomic E-state index is -4.37. The summed E-state index contributed by atoms with van der Waals surface area (Å²) in [6.45, 7) is 18.1. The monoisotopic (exact) mass is 627 g/mol. The molecule has 246 valence electrons. The molecule has 2 aliphatic carbocycles.